The van der Waals surface area contributed by atoms with Gasteiger partial charge in [-0.15, -0.1) is 0 Å². The number of aromatic nitrogens is 2. The summed E-state index contributed by atoms with van der Waals surface area (Å²) in [6.07, 6.45) is 0. The Balaban J connectivity index is 1.88. The van der Waals surface area contributed by atoms with Crippen molar-refractivity contribution in [1.29, 1.82) is 0 Å². The summed E-state index contributed by atoms with van der Waals surface area (Å²) in [5.74, 6) is 0.910. The SMILES string of the molecule is COC(=O)c1cc2c3ccccc3n(C)c2c(-c2ccc3c(c2)OCO3)n1. The van der Waals surface area contributed by atoms with E-state index < -0.39 is 5.97 Å². The number of nitrogens with zero attached hydrogens (tertiary/aromatic N) is 2. The van der Waals surface area contributed by atoms with E-state index in [0.29, 0.717) is 17.2 Å². The van der Waals surface area contributed by atoms with Crippen molar-refractivity contribution in [2.45, 2.75) is 0 Å². The number of hydrogen-bond donors (Lipinski definition) is 0. The monoisotopic (exact) mass is 360 g/mol. The third-order valence-corrected chi connectivity index (χ3v) is 4.92. The van der Waals surface area contributed by atoms with Gasteiger partial charge in [-0.3, -0.25) is 0 Å². The molecule has 0 unspecified atom stereocenters. The number of carbonyl (C=O) groups is 1. The normalized spacial score (nSPS) is 12.7. The minimum absolute atomic E-state index is 0.206. The third-order valence-electron chi connectivity index (χ3n) is 4.92. The van der Waals surface area contributed by atoms with E-state index in [0.717, 1.165) is 27.4 Å². The highest BCUT2D eigenvalue weighted by molar-refractivity contribution is 6.13. The topological polar surface area (TPSA) is 62.6 Å². The van der Waals surface area contributed by atoms with Gasteiger partial charge in [-0.1, -0.05) is 18.2 Å². The zero-order valence-electron chi connectivity index (χ0n) is 14.9. The molecule has 0 atom stereocenters. The van der Waals surface area contributed by atoms with Crippen molar-refractivity contribution in [1.82, 2.24) is 9.55 Å². The van der Waals surface area contributed by atoms with E-state index in [4.69, 9.17) is 14.2 Å². The first-order valence-corrected chi connectivity index (χ1v) is 8.54. The lowest BCUT2D eigenvalue weighted by atomic mass is 10.1. The molecule has 0 saturated carbocycles. The van der Waals surface area contributed by atoms with Gasteiger partial charge >= 0.3 is 5.97 Å². The molecule has 0 amide bonds. The predicted molar refractivity (Wildman–Crippen MR) is 101 cm³/mol. The molecule has 0 fully saturated rings. The zero-order chi connectivity index (χ0) is 18.5. The van der Waals surface area contributed by atoms with Crippen LogP contribution >= 0.6 is 0 Å². The second-order valence-corrected chi connectivity index (χ2v) is 6.39. The molecule has 4 aromatic rings. The molecule has 2 aromatic heterocycles. The van der Waals surface area contributed by atoms with Crippen LogP contribution in [0.5, 0.6) is 11.5 Å². The number of benzene rings is 2. The van der Waals surface area contributed by atoms with Crippen LogP contribution in [0.25, 0.3) is 33.1 Å². The Labute approximate surface area is 154 Å². The first-order valence-electron chi connectivity index (χ1n) is 8.54. The van der Waals surface area contributed by atoms with Gasteiger partial charge < -0.3 is 18.8 Å². The van der Waals surface area contributed by atoms with Crippen molar-refractivity contribution < 1.29 is 19.0 Å². The van der Waals surface area contributed by atoms with Gasteiger partial charge in [0.1, 0.15) is 5.69 Å². The number of rotatable bonds is 2. The number of carbonyl (C=O) groups excluding carboxylic acids is 1. The molecule has 1 aliphatic heterocycles. The standard InChI is InChI=1S/C21H16N2O4/c1-23-16-6-4-3-5-13(16)14-10-15(21(24)25-2)22-19(20(14)23)12-7-8-17-18(9-12)27-11-26-17/h3-10H,11H2,1-2H3. The van der Waals surface area contributed by atoms with Crippen LogP contribution in [0.15, 0.2) is 48.5 Å². The summed E-state index contributed by atoms with van der Waals surface area (Å²) in [4.78, 5) is 16.9. The number of para-hydroxylation sites is 1. The summed E-state index contributed by atoms with van der Waals surface area (Å²) in [5.41, 5.74) is 3.83. The molecule has 0 saturated heterocycles. The Kier molecular flexibility index (Phi) is 3.33. The fraction of sp³-hybridized carbons (Fsp3) is 0.143. The molecule has 5 rings (SSSR count). The Morgan fingerprint density at radius 1 is 1.07 bits per heavy atom. The van der Waals surface area contributed by atoms with Crippen molar-refractivity contribution in [3.63, 3.8) is 0 Å². The van der Waals surface area contributed by atoms with Gasteiger partial charge in [0.05, 0.1) is 18.3 Å². The van der Waals surface area contributed by atoms with Gasteiger partial charge in [-0.25, -0.2) is 9.78 Å². The lowest BCUT2D eigenvalue weighted by Gasteiger charge is -2.09. The first-order chi connectivity index (χ1) is 13.2. The predicted octanol–water partition coefficient (Wildman–Crippen LogP) is 3.91. The quantitative estimate of drug-likeness (QED) is 0.507. The molecule has 0 bridgehead atoms. The lowest BCUT2D eigenvalue weighted by molar-refractivity contribution is 0.0594. The number of aryl methyl sites for hydroxylation is 1. The molecule has 6 nitrogen and oxygen atoms in total. The third kappa shape index (κ3) is 2.26. The number of ether oxygens (including phenoxy) is 3. The van der Waals surface area contributed by atoms with Crippen molar-refractivity contribution in [2.24, 2.45) is 7.05 Å². The Hall–Kier alpha value is -3.54. The van der Waals surface area contributed by atoms with Crippen LogP contribution in [0.4, 0.5) is 0 Å². The number of esters is 1. The van der Waals surface area contributed by atoms with Crippen LogP contribution in [0.2, 0.25) is 0 Å². The van der Waals surface area contributed by atoms with Crippen LogP contribution in [0.1, 0.15) is 10.5 Å². The lowest BCUT2D eigenvalue weighted by Crippen LogP contribution is -2.06. The zero-order valence-corrected chi connectivity index (χ0v) is 14.9. The molecular weight excluding hydrogens is 344 g/mol. The number of fused-ring (bicyclic) bond motifs is 4. The Morgan fingerprint density at radius 2 is 1.89 bits per heavy atom. The maximum Gasteiger partial charge on any atom is 0.356 e. The first kappa shape index (κ1) is 15.7. The van der Waals surface area contributed by atoms with Crippen molar-refractivity contribution in [3.8, 4) is 22.8 Å². The Morgan fingerprint density at radius 3 is 2.74 bits per heavy atom. The van der Waals surface area contributed by atoms with Crippen molar-refractivity contribution >= 4 is 27.8 Å². The molecule has 0 radical (unpaired) electrons. The van der Waals surface area contributed by atoms with E-state index in [-0.39, 0.29) is 12.5 Å². The average Bonchev–Trinajstić information content (AvgIpc) is 3.29. The summed E-state index contributed by atoms with van der Waals surface area (Å²) < 4.78 is 17.9. The van der Waals surface area contributed by atoms with E-state index in [1.807, 2.05) is 43.4 Å². The fourth-order valence-electron chi connectivity index (χ4n) is 3.65. The molecular formula is C21H16N2O4. The average molecular weight is 360 g/mol. The maximum absolute atomic E-state index is 12.2. The number of methoxy groups -OCH3 is 1. The van der Waals surface area contributed by atoms with Gasteiger partial charge in [0.15, 0.2) is 11.5 Å². The van der Waals surface area contributed by atoms with E-state index in [2.05, 4.69) is 15.6 Å². The molecule has 0 spiro atoms. The highest BCUT2D eigenvalue weighted by Crippen LogP contribution is 2.39. The molecule has 3 heterocycles. The molecule has 1 aliphatic rings. The van der Waals surface area contributed by atoms with Gasteiger partial charge in [-0.2, -0.15) is 0 Å². The summed E-state index contributed by atoms with van der Waals surface area (Å²) >= 11 is 0. The van der Waals surface area contributed by atoms with Crippen molar-refractivity contribution in [3.05, 3.63) is 54.2 Å². The molecule has 0 aliphatic carbocycles. The largest absolute Gasteiger partial charge is 0.464 e. The highest BCUT2D eigenvalue weighted by atomic mass is 16.7. The summed E-state index contributed by atoms with van der Waals surface area (Å²) in [6, 6.07) is 15.5. The van der Waals surface area contributed by atoms with Gasteiger partial charge in [0.25, 0.3) is 0 Å². The summed E-state index contributed by atoms with van der Waals surface area (Å²) in [7, 11) is 3.36. The second kappa shape index (κ2) is 5.74. The van der Waals surface area contributed by atoms with Gasteiger partial charge in [0.2, 0.25) is 6.79 Å². The van der Waals surface area contributed by atoms with Crippen molar-refractivity contribution in [2.75, 3.05) is 13.9 Å². The van der Waals surface area contributed by atoms with Crippen LogP contribution in [-0.4, -0.2) is 29.4 Å². The van der Waals surface area contributed by atoms with E-state index in [1.165, 1.54) is 7.11 Å². The molecule has 27 heavy (non-hydrogen) atoms. The van der Waals surface area contributed by atoms with E-state index >= 15 is 0 Å². The minimum atomic E-state index is -0.466. The Bertz CT molecular complexity index is 1230. The highest BCUT2D eigenvalue weighted by Gasteiger charge is 2.21. The minimum Gasteiger partial charge on any atom is -0.464 e. The van der Waals surface area contributed by atoms with Gasteiger partial charge in [0, 0.05) is 28.9 Å². The van der Waals surface area contributed by atoms with E-state index in [1.54, 1.807) is 6.07 Å². The molecule has 134 valence electrons. The van der Waals surface area contributed by atoms with Crippen LogP contribution in [0.3, 0.4) is 0 Å². The smallest absolute Gasteiger partial charge is 0.356 e. The van der Waals surface area contributed by atoms with E-state index in [9.17, 15) is 4.79 Å². The van der Waals surface area contributed by atoms with Crippen LogP contribution in [-0.2, 0) is 11.8 Å². The molecule has 6 heteroatoms. The van der Waals surface area contributed by atoms with Crippen LogP contribution < -0.4 is 9.47 Å². The fourth-order valence-corrected chi connectivity index (χ4v) is 3.65. The van der Waals surface area contributed by atoms with Gasteiger partial charge in [-0.05, 0) is 30.3 Å². The maximum atomic E-state index is 12.2. The number of hydrogen-bond acceptors (Lipinski definition) is 5. The second-order valence-electron chi connectivity index (χ2n) is 6.39. The summed E-state index contributed by atoms with van der Waals surface area (Å²) in [5, 5.41) is 2.01. The summed E-state index contributed by atoms with van der Waals surface area (Å²) in [6.45, 7) is 0.206. The van der Waals surface area contributed by atoms with Crippen LogP contribution in [0, 0.1) is 0 Å². The molecule has 2 aromatic carbocycles. The molecule has 0 N–H and O–H groups in total. The number of pyridine rings is 1.